The topological polar surface area (TPSA) is 100.0 Å². The maximum Gasteiger partial charge on any atom is 0.233 e. The molecule has 0 saturated carbocycles. The summed E-state index contributed by atoms with van der Waals surface area (Å²) in [5, 5.41) is 11.8. The second kappa shape index (κ2) is 7.68. The largest absolute Gasteiger partial charge is 0.480 e. The van der Waals surface area contributed by atoms with E-state index in [2.05, 4.69) is 27.3 Å². The number of hydrogen-bond donors (Lipinski definition) is 1. The van der Waals surface area contributed by atoms with Gasteiger partial charge in [-0.2, -0.15) is 4.98 Å². The molecule has 0 bridgehead atoms. The van der Waals surface area contributed by atoms with Crippen molar-refractivity contribution in [2.24, 2.45) is 11.7 Å². The summed E-state index contributed by atoms with van der Waals surface area (Å²) in [4.78, 5) is 4.35. The highest BCUT2D eigenvalue weighted by molar-refractivity contribution is 5.47. The van der Waals surface area contributed by atoms with Gasteiger partial charge in [-0.25, -0.2) is 0 Å². The van der Waals surface area contributed by atoms with Crippen LogP contribution in [0.1, 0.15) is 32.1 Å². The molecule has 0 radical (unpaired) electrons. The maximum absolute atomic E-state index is 5.60. The van der Waals surface area contributed by atoms with Gasteiger partial charge in [-0.05, 0) is 31.4 Å². The van der Waals surface area contributed by atoms with Crippen LogP contribution in [0.2, 0.25) is 0 Å². The number of nitrogens with zero attached hydrogens (tertiary/aromatic N) is 4. The van der Waals surface area contributed by atoms with Crippen LogP contribution in [0.3, 0.4) is 0 Å². The van der Waals surface area contributed by atoms with E-state index >= 15 is 0 Å². The Morgan fingerprint density at radius 2 is 2.14 bits per heavy atom. The summed E-state index contributed by atoms with van der Waals surface area (Å²) in [5.41, 5.74) is 6.17. The Morgan fingerprint density at radius 1 is 1.29 bits per heavy atom. The number of rotatable bonds is 8. The first-order chi connectivity index (χ1) is 10.3. The Hall–Kier alpha value is -2.02. The monoisotopic (exact) mass is 291 g/mol. The van der Waals surface area contributed by atoms with Crippen molar-refractivity contribution in [1.82, 2.24) is 20.3 Å². The van der Waals surface area contributed by atoms with Gasteiger partial charge in [0.1, 0.15) is 5.69 Å². The zero-order valence-corrected chi connectivity index (χ0v) is 12.5. The van der Waals surface area contributed by atoms with E-state index in [9.17, 15) is 0 Å². The first-order valence-corrected chi connectivity index (χ1v) is 7.17. The van der Waals surface area contributed by atoms with E-state index in [-0.39, 0.29) is 0 Å². The van der Waals surface area contributed by atoms with Crippen LogP contribution in [0.4, 0.5) is 0 Å². The molecule has 21 heavy (non-hydrogen) atoms. The number of nitrogens with two attached hydrogens (primary N) is 1. The SMILES string of the molecule is CCC(CCN)CCc1nc(-c2ccc(OC)nn2)no1. The van der Waals surface area contributed by atoms with Gasteiger partial charge in [-0.3, -0.25) is 0 Å². The van der Waals surface area contributed by atoms with Crippen LogP contribution >= 0.6 is 0 Å². The molecule has 7 nitrogen and oxygen atoms in total. The molecular formula is C14H21N5O2. The first kappa shape index (κ1) is 15.4. The lowest BCUT2D eigenvalue weighted by Gasteiger charge is -2.11. The maximum atomic E-state index is 5.60. The highest BCUT2D eigenvalue weighted by Crippen LogP contribution is 2.18. The van der Waals surface area contributed by atoms with Crippen molar-refractivity contribution in [2.45, 2.75) is 32.6 Å². The fourth-order valence-electron chi connectivity index (χ4n) is 2.12. The second-order valence-corrected chi connectivity index (χ2v) is 4.86. The van der Waals surface area contributed by atoms with Crippen LogP contribution in [-0.4, -0.2) is 34.0 Å². The standard InChI is InChI=1S/C14H21N5O2/c1-3-10(8-9-15)4-6-12-16-14(19-21-12)11-5-7-13(20-2)18-17-11/h5,7,10H,3-4,6,8-9,15H2,1-2H3. The third-order valence-corrected chi connectivity index (χ3v) is 3.47. The Bertz CT molecular complexity index is 541. The zero-order valence-electron chi connectivity index (χ0n) is 12.5. The Labute approximate surface area is 123 Å². The molecule has 2 rings (SSSR count). The van der Waals surface area contributed by atoms with Gasteiger partial charge in [-0.15, -0.1) is 10.2 Å². The Kier molecular flexibility index (Phi) is 5.62. The van der Waals surface area contributed by atoms with Gasteiger partial charge in [-0.1, -0.05) is 18.5 Å². The molecular weight excluding hydrogens is 270 g/mol. The molecule has 2 aromatic heterocycles. The van der Waals surface area contributed by atoms with Crippen LogP contribution in [0.25, 0.3) is 11.5 Å². The van der Waals surface area contributed by atoms with Gasteiger partial charge >= 0.3 is 0 Å². The van der Waals surface area contributed by atoms with Crippen LogP contribution < -0.4 is 10.5 Å². The molecule has 0 spiro atoms. The van der Waals surface area contributed by atoms with Crippen molar-refractivity contribution < 1.29 is 9.26 Å². The van der Waals surface area contributed by atoms with Crippen LogP contribution in [0.15, 0.2) is 16.7 Å². The smallest absolute Gasteiger partial charge is 0.233 e. The summed E-state index contributed by atoms with van der Waals surface area (Å²) in [5.74, 6) is 2.13. The summed E-state index contributed by atoms with van der Waals surface area (Å²) in [6.07, 6.45) is 3.91. The minimum Gasteiger partial charge on any atom is -0.480 e. The third-order valence-electron chi connectivity index (χ3n) is 3.47. The lowest BCUT2D eigenvalue weighted by molar-refractivity contribution is 0.354. The molecule has 2 aromatic rings. The number of aryl methyl sites for hydroxylation is 1. The molecule has 0 fully saturated rings. The van der Waals surface area contributed by atoms with Crippen molar-refractivity contribution in [3.8, 4) is 17.4 Å². The van der Waals surface area contributed by atoms with E-state index in [1.54, 1.807) is 19.2 Å². The third kappa shape index (κ3) is 4.22. The predicted molar refractivity (Wildman–Crippen MR) is 77.6 cm³/mol. The lowest BCUT2D eigenvalue weighted by Crippen LogP contribution is -2.09. The number of aromatic nitrogens is 4. The zero-order chi connectivity index (χ0) is 15.1. The first-order valence-electron chi connectivity index (χ1n) is 7.17. The van der Waals surface area contributed by atoms with Gasteiger partial charge in [0, 0.05) is 12.5 Å². The van der Waals surface area contributed by atoms with E-state index in [1.165, 1.54) is 0 Å². The molecule has 0 aromatic carbocycles. The van der Waals surface area contributed by atoms with Gasteiger partial charge in [0.25, 0.3) is 0 Å². The average molecular weight is 291 g/mol. The summed E-state index contributed by atoms with van der Waals surface area (Å²) >= 11 is 0. The van der Waals surface area contributed by atoms with Crippen molar-refractivity contribution in [3.05, 3.63) is 18.0 Å². The molecule has 0 saturated heterocycles. The molecule has 0 aliphatic carbocycles. The fourth-order valence-corrected chi connectivity index (χ4v) is 2.12. The molecule has 7 heteroatoms. The van der Waals surface area contributed by atoms with Crippen molar-refractivity contribution in [3.63, 3.8) is 0 Å². The van der Waals surface area contributed by atoms with E-state index in [0.717, 1.165) is 32.2 Å². The normalized spacial score (nSPS) is 12.3. The quantitative estimate of drug-likeness (QED) is 0.792. The molecule has 1 atom stereocenters. The summed E-state index contributed by atoms with van der Waals surface area (Å²) in [6.45, 7) is 2.89. The Balaban J connectivity index is 1.97. The van der Waals surface area contributed by atoms with Crippen LogP contribution in [0, 0.1) is 5.92 Å². The highest BCUT2D eigenvalue weighted by Gasteiger charge is 2.13. The molecule has 0 amide bonds. The van der Waals surface area contributed by atoms with E-state index in [4.69, 9.17) is 15.0 Å². The van der Waals surface area contributed by atoms with Crippen molar-refractivity contribution in [2.75, 3.05) is 13.7 Å². The molecule has 0 aliphatic heterocycles. The van der Waals surface area contributed by atoms with E-state index in [0.29, 0.717) is 29.2 Å². The van der Waals surface area contributed by atoms with Crippen LogP contribution in [-0.2, 0) is 6.42 Å². The number of ether oxygens (including phenoxy) is 1. The van der Waals surface area contributed by atoms with Crippen LogP contribution in [0.5, 0.6) is 5.88 Å². The van der Waals surface area contributed by atoms with Gasteiger partial charge in [0.15, 0.2) is 0 Å². The summed E-state index contributed by atoms with van der Waals surface area (Å²) < 4.78 is 10.2. The second-order valence-electron chi connectivity index (χ2n) is 4.86. The molecule has 0 aliphatic rings. The summed E-state index contributed by atoms with van der Waals surface area (Å²) in [6, 6.07) is 3.47. The van der Waals surface area contributed by atoms with Crippen molar-refractivity contribution in [1.29, 1.82) is 0 Å². The number of methoxy groups -OCH3 is 1. The van der Waals surface area contributed by atoms with E-state index < -0.39 is 0 Å². The van der Waals surface area contributed by atoms with E-state index in [1.807, 2.05) is 0 Å². The highest BCUT2D eigenvalue weighted by atomic mass is 16.5. The summed E-state index contributed by atoms with van der Waals surface area (Å²) in [7, 11) is 1.54. The molecule has 1 unspecified atom stereocenters. The lowest BCUT2D eigenvalue weighted by atomic mass is 9.97. The Morgan fingerprint density at radius 3 is 2.76 bits per heavy atom. The van der Waals surface area contributed by atoms with Gasteiger partial charge in [0.2, 0.25) is 17.6 Å². The molecule has 2 N–H and O–H groups in total. The fraction of sp³-hybridized carbons (Fsp3) is 0.571. The molecule has 114 valence electrons. The minimum atomic E-state index is 0.451. The average Bonchev–Trinajstić information content (AvgIpc) is 3.00. The van der Waals surface area contributed by atoms with Gasteiger partial charge < -0.3 is 15.0 Å². The molecule has 2 heterocycles. The number of hydrogen-bond acceptors (Lipinski definition) is 7. The van der Waals surface area contributed by atoms with Gasteiger partial charge in [0.05, 0.1) is 7.11 Å². The van der Waals surface area contributed by atoms with Crippen molar-refractivity contribution >= 4 is 0 Å². The predicted octanol–water partition coefficient (Wildman–Crippen LogP) is 1.84. The minimum absolute atomic E-state index is 0.451.